The zero-order valence-electron chi connectivity index (χ0n) is 18.4. The molecule has 7 nitrogen and oxygen atoms in total. The lowest BCUT2D eigenvalue weighted by atomic mass is 9.85. The monoisotopic (exact) mass is 445 g/mol. The first-order chi connectivity index (χ1) is 14.4. The highest BCUT2D eigenvalue weighted by Gasteiger charge is 2.30. The third-order valence-corrected chi connectivity index (χ3v) is 7.79. The Balaban J connectivity index is 1.77. The molecule has 1 aliphatic rings. The van der Waals surface area contributed by atoms with Gasteiger partial charge in [0.2, 0.25) is 5.91 Å². The van der Waals surface area contributed by atoms with Crippen molar-refractivity contribution in [2.24, 2.45) is 0 Å². The summed E-state index contributed by atoms with van der Waals surface area (Å²) in [6, 6.07) is 1.42. The number of fused-ring (bicyclic) bond motifs is 3. The average molecular weight is 446 g/mol. The fraction of sp³-hybridized carbons (Fsp3) is 0.478. The number of aryl methyl sites for hydroxylation is 2. The Morgan fingerprint density at radius 2 is 1.94 bits per heavy atom. The van der Waals surface area contributed by atoms with E-state index in [0.29, 0.717) is 28.5 Å². The summed E-state index contributed by atoms with van der Waals surface area (Å²) in [7, 11) is -3.10. The minimum absolute atomic E-state index is 0.0636. The summed E-state index contributed by atoms with van der Waals surface area (Å²) in [6.07, 6.45) is 1.96. The second-order valence-electron chi connectivity index (χ2n) is 9.51. The largest absolute Gasteiger partial charge is 0.463 e. The molecular weight excluding hydrogens is 418 g/mol. The first kappa shape index (κ1) is 21.6. The lowest BCUT2D eigenvalue weighted by Gasteiger charge is -2.18. The van der Waals surface area contributed by atoms with Crippen molar-refractivity contribution in [2.45, 2.75) is 58.9 Å². The van der Waals surface area contributed by atoms with Crippen LogP contribution in [0, 0.1) is 13.8 Å². The fourth-order valence-electron chi connectivity index (χ4n) is 4.39. The van der Waals surface area contributed by atoms with Gasteiger partial charge < -0.3 is 14.2 Å². The van der Waals surface area contributed by atoms with Gasteiger partial charge in [0.1, 0.15) is 11.2 Å². The molecule has 2 aromatic heterocycles. The maximum atomic E-state index is 12.7. The molecule has 0 unspecified atom stereocenters. The number of carbonyl (C=O) groups is 1. The predicted octanol–water partition coefficient (Wildman–Crippen LogP) is 3.30. The Labute approximate surface area is 180 Å². The third kappa shape index (κ3) is 3.89. The molecule has 1 saturated heterocycles. The highest BCUT2D eigenvalue weighted by Crippen LogP contribution is 2.38. The van der Waals surface area contributed by atoms with Crippen LogP contribution in [-0.4, -0.2) is 31.9 Å². The van der Waals surface area contributed by atoms with Crippen LogP contribution in [0.5, 0.6) is 0 Å². The fourth-order valence-corrected chi connectivity index (χ4v) is 6.07. The zero-order chi connectivity index (χ0) is 22.7. The summed E-state index contributed by atoms with van der Waals surface area (Å²) in [4.78, 5) is 25.2. The number of nitrogens with one attached hydrogen (secondary N) is 1. The highest BCUT2D eigenvalue weighted by atomic mass is 32.2. The quantitative estimate of drug-likeness (QED) is 0.620. The van der Waals surface area contributed by atoms with Crippen molar-refractivity contribution in [1.29, 1.82) is 0 Å². The van der Waals surface area contributed by atoms with E-state index < -0.39 is 27.4 Å². The first-order valence-corrected chi connectivity index (χ1v) is 12.2. The maximum Gasteiger partial charge on any atom is 0.340 e. The van der Waals surface area contributed by atoms with Gasteiger partial charge in [-0.05, 0) is 42.9 Å². The molecule has 1 amide bonds. The SMILES string of the molecule is Cc1cc2oc(=O)c(CC(=O)N[C@H]3CCS(=O)(=O)C3)c(C)c2c2occ(C(C)(C)C)c12. The van der Waals surface area contributed by atoms with Crippen LogP contribution in [0.2, 0.25) is 0 Å². The first-order valence-electron chi connectivity index (χ1n) is 10.3. The van der Waals surface area contributed by atoms with Crippen LogP contribution in [0.15, 0.2) is 26.0 Å². The van der Waals surface area contributed by atoms with Crippen LogP contribution in [0.3, 0.4) is 0 Å². The van der Waals surface area contributed by atoms with Gasteiger partial charge in [-0.1, -0.05) is 20.8 Å². The number of carbonyl (C=O) groups excluding carboxylic acids is 1. The molecule has 3 heterocycles. The van der Waals surface area contributed by atoms with Crippen molar-refractivity contribution in [1.82, 2.24) is 5.32 Å². The molecule has 1 fully saturated rings. The molecule has 1 aliphatic heterocycles. The normalized spacial score (nSPS) is 18.7. The van der Waals surface area contributed by atoms with Crippen molar-refractivity contribution < 1.29 is 22.0 Å². The van der Waals surface area contributed by atoms with Gasteiger partial charge in [0.05, 0.1) is 35.1 Å². The van der Waals surface area contributed by atoms with E-state index in [0.717, 1.165) is 16.5 Å². The third-order valence-electron chi connectivity index (χ3n) is 6.03. The Morgan fingerprint density at radius 3 is 2.55 bits per heavy atom. The van der Waals surface area contributed by atoms with E-state index in [1.807, 2.05) is 13.0 Å². The summed E-state index contributed by atoms with van der Waals surface area (Å²) in [5.41, 5.74) is 3.28. The second kappa shape index (κ2) is 7.22. The summed E-state index contributed by atoms with van der Waals surface area (Å²) < 4.78 is 34.8. The summed E-state index contributed by atoms with van der Waals surface area (Å²) >= 11 is 0. The average Bonchev–Trinajstić information content (AvgIpc) is 3.22. The van der Waals surface area contributed by atoms with Crippen molar-refractivity contribution in [3.05, 3.63) is 45.0 Å². The van der Waals surface area contributed by atoms with Gasteiger partial charge in [-0.15, -0.1) is 0 Å². The Bertz CT molecular complexity index is 1370. The number of rotatable bonds is 3. The van der Waals surface area contributed by atoms with Gasteiger partial charge in [-0.3, -0.25) is 4.79 Å². The van der Waals surface area contributed by atoms with E-state index in [2.05, 4.69) is 26.1 Å². The van der Waals surface area contributed by atoms with Gasteiger partial charge in [0, 0.05) is 17.0 Å². The van der Waals surface area contributed by atoms with Crippen LogP contribution >= 0.6 is 0 Å². The van der Waals surface area contributed by atoms with Crippen molar-refractivity contribution in [3.8, 4) is 0 Å². The number of amides is 1. The lowest BCUT2D eigenvalue weighted by molar-refractivity contribution is -0.121. The Kier molecular flexibility index (Phi) is 5.04. The van der Waals surface area contributed by atoms with Crippen molar-refractivity contribution in [3.63, 3.8) is 0 Å². The molecule has 8 heteroatoms. The molecule has 4 rings (SSSR count). The predicted molar refractivity (Wildman–Crippen MR) is 119 cm³/mol. The number of sulfone groups is 1. The van der Waals surface area contributed by atoms with E-state index in [4.69, 9.17) is 8.83 Å². The molecule has 1 atom stereocenters. The van der Waals surface area contributed by atoms with Crippen LogP contribution in [-0.2, 0) is 26.5 Å². The van der Waals surface area contributed by atoms with Crippen LogP contribution in [0.4, 0.5) is 0 Å². The summed E-state index contributed by atoms with van der Waals surface area (Å²) in [6.45, 7) is 10.1. The summed E-state index contributed by atoms with van der Waals surface area (Å²) in [5.74, 6) is -0.387. The van der Waals surface area contributed by atoms with Crippen molar-refractivity contribution in [2.75, 3.05) is 11.5 Å². The van der Waals surface area contributed by atoms with Crippen LogP contribution in [0.25, 0.3) is 21.9 Å². The molecule has 0 radical (unpaired) electrons. The molecule has 31 heavy (non-hydrogen) atoms. The minimum Gasteiger partial charge on any atom is -0.463 e. The Morgan fingerprint density at radius 1 is 1.23 bits per heavy atom. The maximum absolute atomic E-state index is 12.7. The van der Waals surface area contributed by atoms with Crippen LogP contribution in [0.1, 0.15) is 49.4 Å². The molecule has 166 valence electrons. The molecular formula is C23H27NO6S. The van der Waals surface area contributed by atoms with Crippen LogP contribution < -0.4 is 10.9 Å². The Hall–Kier alpha value is -2.61. The second-order valence-corrected chi connectivity index (χ2v) is 11.7. The smallest absolute Gasteiger partial charge is 0.340 e. The molecule has 0 spiro atoms. The number of furan rings is 1. The zero-order valence-corrected chi connectivity index (χ0v) is 19.2. The topological polar surface area (TPSA) is 107 Å². The molecule has 0 bridgehead atoms. The highest BCUT2D eigenvalue weighted by molar-refractivity contribution is 7.91. The lowest BCUT2D eigenvalue weighted by Crippen LogP contribution is -2.37. The minimum atomic E-state index is -3.10. The number of hydrogen-bond donors (Lipinski definition) is 1. The number of benzene rings is 1. The van der Waals surface area contributed by atoms with E-state index in [1.54, 1.807) is 13.2 Å². The van der Waals surface area contributed by atoms with Crippen molar-refractivity contribution >= 4 is 37.7 Å². The van der Waals surface area contributed by atoms with E-state index in [1.165, 1.54) is 0 Å². The molecule has 3 aromatic rings. The van der Waals surface area contributed by atoms with Gasteiger partial charge in [0.15, 0.2) is 9.84 Å². The van der Waals surface area contributed by atoms with E-state index in [-0.39, 0.29) is 28.9 Å². The summed E-state index contributed by atoms with van der Waals surface area (Å²) in [5, 5.41) is 4.41. The molecule has 0 aliphatic carbocycles. The van der Waals surface area contributed by atoms with E-state index in [9.17, 15) is 18.0 Å². The van der Waals surface area contributed by atoms with Gasteiger partial charge in [-0.25, -0.2) is 13.2 Å². The van der Waals surface area contributed by atoms with E-state index >= 15 is 0 Å². The standard InChI is InChI=1S/C23H27NO6S/c1-12-8-17-20(21-19(12)16(10-29-21)23(3,4)5)13(2)15(22(26)30-17)9-18(25)24-14-6-7-31(27,28)11-14/h8,10,14H,6-7,9,11H2,1-5H3,(H,24,25)/t14-/m0/s1. The molecule has 1 aromatic carbocycles. The van der Waals surface area contributed by atoms with Gasteiger partial charge in [-0.2, -0.15) is 0 Å². The molecule has 1 N–H and O–H groups in total. The van der Waals surface area contributed by atoms with Gasteiger partial charge in [0.25, 0.3) is 0 Å². The van der Waals surface area contributed by atoms with Gasteiger partial charge >= 0.3 is 5.63 Å². The molecule has 0 saturated carbocycles. The number of hydrogen-bond acceptors (Lipinski definition) is 6.